The Hall–Kier alpha value is -4.43. The number of hydrogen-bond acceptors (Lipinski definition) is 7. The standard InChI is InChI=1S/C29H28F6N6O3/c1-18(42)40-10-12-41(13-11-40)21-4-3-20(22(14-21)28(30,31)32)16-37-26(43)27(8-9-27)23-6-7-25(39-38-23)44-17-19-2-5-24(36-15-19)29(33,34)35/h2-7,14-15H,8-13,16-17H2,1H3,(H,37,43). The second-order valence-electron chi connectivity index (χ2n) is 10.7. The molecule has 1 aromatic carbocycles. The number of carbonyl (C=O) groups is 2. The Labute approximate surface area is 248 Å². The molecule has 1 aliphatic heterocycles. The molecule has 5 rings (SSSR count). The summed E-state index contributed by atoms with van der Waals surface area (Å²) in [6.45, 7) is 2.66. The second-order valence-corrected chi connectivity index (χ2v) is 10.7. The van der Waals surface area contributed by atoms with Gasteiger partial charge in [0.05, 0.1) is 16.7 Å². The maximum Gasteiger partial charge on any atom is 0.433 e. The van der Waals surface area contributed by atoms with Gasteiger partial charge in [0.1, 0.15) is 12.3 Å². The van der Waals surface area contributed by atoms with Crippen LogP contribution in [-0.4, -0.2) is 58.1 Å². The Morgan fingerprint density at radius 2 is 1.66 bits per heavy atom. The molecule has 1 N–H and O–H groups in total. The lowest BCUT2D eigenvalue weighted by molar-refractivity contribution is -0.141. The quantitative estimate of drug-likeness (QED) is 0.370. The van der Waals surface area contributed by atoms with E-state index in [9.17, 15) is 35.9 Å². The first-order valence-corrected chi connectivity index (χ1v) is 13.7. The molecule has 0 atom stereocenters. The zero-order valence-electron chi connectivity index (χ0n) is 23.5. The molecule has 0 spiro atoms. The van der Waals surface area contributed by atoms with Gasteiger partial charge in [0, 0.05) is 63.2 Å². The number of aromatic nitrogens is 3. The summed E-state index contributed by atoms with van der Waals surface area (Å²) in [5.41, 5.74) is -1.89. The van der Waals surface area contributed by atoms with Crippen LogP contribution in [0.3, 0.4) is 0 Å². The van der Waals surface area contributed by atoms with Crippen molar-refractivity contribution in [2.24, 2.45) is 0 Å². The van der Waals surface area contributed by atoms with Gasteiger partial charge < -0.3 is 19.9 Å². The van der Waals surface area contributed by atoms with E-state index in [1.54, 1.807) is 15.9 Å². The first-order valence-electron chi connectivity index (χ1n) is 13.7. The minimum absolute atomic E-state index is 0.0717. The molecule has 2 amide bonds. The van der Waals surface area contributed by atoms with E-state index in [2.05, 4.69) is 20.5 Å². The molecule has 1 saturated heterocycles. The number of nitrogens with zero attached hydrogens (tertiary/aromatic N) is 5. The van der Waals surface area contributed by atoms with Crippen molar-refractivity contribution in [2.75, 3.05) is 31.1 Å². The number of pyridine rings is 1. The topological polar surface area (TPSA) is 101 Å². The minimum Gasteiger partial charge on any atom is -0.472 e. The van der Waals surface area contributed by atoms with Crippen LogP contribution in [0, 0.1) is 0 Å². The number of ether oxygens (including phenoxy) is 1. The second kappa shape index (κ2) is 11.9. The molecule has 0 unspecified atom stereocenters. The highest BCUT2D eigenvalue weighted by Gasteiger charge is 2.53. The van der Waals surface area contributed by atoms with Gasteiger partial charge in [-0.2, -0.15) is 31.4 Å². The van der Waals surface area contributed by atoms with Crippen LogP contribution in [-0.2, 0) is 40.5 Å². The first kappa shape index (κ1) is 31.0. The number of alkyl halides is 6. The Balaban J connectivity index is 1.20. The summed E-state index contributed by atoms with van der Waals surface area (Å²) in [5, 5.41) is 10.6. The number of nitrogens with one attached hydrogen (secondary N) is 1. The fraction of sp³-hybridized carbons (Fsp3) is 0.414. The van der Waals surface area contributed by atoms with Gasteiger partial charge in [-0.25, -0.2) is 0 Å². The van der Waals surface area contributed by atoms with Crippen LogP contribution < -0.4 is 15.0 Å². The van der Waals surface area contributed by atoms with Crippen LogP contribution in [0.5, 0.6) is 5.88 Å². The number of hydrogen-bond donors (Lipinski definition) is 1. The number of carbonyl (C=O) groups excluding carboxylic acids is 2. The lowest BCUT2D eigenvalue weighted by Gasteiger charge is -2.36. The predicted octanol–water partition coefficient (Wildman–Crippen LogP) is 4.50. The van der Waals surface area contributed by atoms with Crippen LogP contribution >= 0.6 is 0 Å². The van der Waals surface area contributed by atoms with Gasteiger partial charge in [0.15, 0.2) is 0 Å². The number of halogens is 6. The number of benzene rings is 1. The van der Waals surface area contributed by atoms with E-state index >= 15 is 0 Å². The molecule has 3 heterocycles. The largest absolute Gasteiger partial charge is 0.472 e. The third kappa shape index (κ3) is 6.86. The summed E-state index contributed by atoms with van der Waals surface area (Å²) >= 11 is 0. The Kier molecular flexibility index (Phi) is 8.40. The smallest absolute Gasteiger partial charge is 0.433 e. The van der Waals surface area contributed by atoms with Crippen molar-refractivity contribution < 1.29 is 40.7 Å². The zero-order chi connectivity index (χ0) is 31.7. The van der Waals surface area contributed by atoms with Crippen LogP contribution in [0.15, 0.2) is 48.7 Å². The fourth-order valence-electron chi connectivity index (χ4n) is 5.02. The van der Waals surface area contributed by atoms with Gasteiger partial charge in [-0.05, 0) is 42.7 Å². The van der Waals surface area contributed by atoms with Crippen molar-refractivity contribution >= 4 is 17.5 Å². The summed E-state index contributed by atoms with van der Waals surface area (Å²) in [5.74, 6) is -0.485. The molecule has 3 aromatic rings. The maximum atomic E-state index is 14.0. The van der Waals surface area contributed by atoms with Crippen molar-refractivity contribution in [1.82, 2.24) is 25.4 Å². The summed E-state index contributed by atoms with van der Waals surface area (Å²) < 4.78 is 85.5. The van der Waals surface area contributed by atoms with Gasteiger partial charge in [-0.1, -0.05) is 12.1 Å². The number of piperazine rings is 1. The molecule has 9 nitrogen and oxygen atoms in total. The van der Waals surface area contributed by atoms with Crippen LogP contribution in [0.25, 0.3) is 0 Å². The molecular weight excluding hydrogens is 594 g/mol. The average molecular weight is 623 g/mol. The molecule has 2 aliphatic rings. The van der Waals surface area contributed by atoms with E-state index in [1.165, 1.54) is 31.2 Å². The van der Waals surface area contributed by atoms with Crippen molar-refractivity contribution in [3.05, 3.63) is 76.7 Å². The van der Waals surface area contributed by atoms with Crippen LogP contribution in [0.1, 0.15) is 47.8 Å². The molecule has 2 fully saturated rings. The van der Waals surface area contributed by atoms with Gasteiger partial charge in [0.2, 0.25) is 17.7 Å². The summed E-state index contributed by atoms with van der Waals surface area (Å²) in [6.07, 6.45) is -7.29. The Morgan fingerprint density at radius 3 is 2.20 bits per heavy atom. The molecule has 0 radical (unpaired) electrons. The van der Waals surface area contributed by atoms with E-state index < -0.39 is 34.9 Å². The lowest BCUT2D eigenvalue weighted by atomic mass is 10.00. The monoisotopic (exact) mass is 622 g/mol. The van der Waals surface area contributed by atoms with E-state index in [1.807, 2.05) is 0 Å². The Bertz CT molecular complexity index is 1500. The highest BCUT2D eigenvalue weighted by Crippen LogP contribution is 2.47. The SMILES string of the molecule is CC(=O)N1CCN(c2ccc(CNC(=O)C3(c4ccc(OCc5ccc(C(F)(F)F)nc5)nn4)CC3)c(C(F)(F)F)c2)CC1. The van der Waals surface area contributed by atoms with Crippen molar-refractivity contribution in [3.63, 3.8) is 0 Å². The summed E-state index contributed by atoms with van der Waals surface area (Å²) in [4.78, 5) is 31.5. The molecule has 1 saturated carbocycles. The highest BCUT2D eigenvalue weighted by atomic mass is 19.4. The Morgan fingerprint density at radius 1 is 0.932 bits per heavy atom. The van der Waals surface area contributed by atoms with Gasteiger partial charge in [0.25, 0.3) is 0 Å². The van der Waals surface area contributed by atoms with Crippen LogP contribution in [0.4, 0.5) is 32.0 Å². The van der Waals surface area contributed by atoms with E-state index in [-0.39, 0.29) is 30.5 Å². The number of amides is 2. The summed E-state index contributed by atoms with van der Waals surface area (Å²) in [7, 11) is 0. The molecule has 0 bridgehead atoms. The lowest BCUT2D eigenvalue weighted by Crippen LogP contribution is -2.48. The molecule has 234 valence electrons. The molecular formula is C29H28F6N6O3. The zero-order valence-corrected chi connectivity index (χ0v) is 23.5. The van der Waals surface area contributed by atoms with E-state index in [0.29, 0.717) is 56.0 Å². The third-order valence-corrected chi connectivity index (χ3v) is 7.75. The third-order valence-electron chi connectivity index (χ3n) is 7.75. The predicted molar refractivity (Wildman–Crippen MR) is 144 cm³/mol. The number of anilines is 1. The van der Waals surface area contributed by atoms with Gasteiger partial charge in [-0.3, -0.25) is 14.6 Å². The molecule has 15 heteroatoms. The van der Waals surface area contributed by atoms with Crippen LogP contribution in [0.2, 0.25) is 0 Å². The van der Waals surface area contributed by atoms with E-state index in [0.717, 1.165) is 18.3 Å². The normalized spacial score (nSPS) is 16.4. The molecule has 44 heavy (non-hydrogen) atoms. The highest BCUT2D eigenvalue weighted by molar-refractivity contribution is 5.90. The number of rotatable bonds is 8. The molecule has 2 aromatic heterocycles. The fourth-order valence-corrected chi connectivity index (χ4v) is 5.02. The van der Waals surface area contributed by atoms with Crippen molar-refractivity contribution in [1.29, 1.82) is 0 Å². The first-order chi connectivity index (χ1) is 20.8. The van der Waals surface area contributed by atoms with Gasteiger partial charge in [-0.15, -0.1) is 5.10 Å². The minimum atomic E-state index is -4.65. The average Bonchev–Trinajstić information content (AvgIpc) is 3.81. The maximum absolute atomic E-state index is 14.0. The molecule has 1 aliphatic carbocycles. The summed E-state index contributed by atoms with van der Waals surface area (Å²) in [6, 6.07) is 9.07. The van der Waals surface area contributed by atoms with E-state index in [4.69, 9.17) is 4.74 Å². The van der Waals surface area contributed by atoms with Crippen molar-refractivity contribution in [3.8, 4) is 5.88 Å². The van der Waals surface area contributed by atoms with Gasteiger partial charge >= 0.3 is 12.4 Å². The van der Waals surface area contributed by atoms with Crippen molar-refractivity contribution in [2.45, 2.75) is 50.7 Å².